The fourth-order valence-corrected chi connectivity index (χ4v) is 11.2. The van der Waals surface area contributed by atoms with E-state index in [-0.39, 0.29) is 25.5 Å². The molecule has 12 aromatic rings. The van der Waals surface area contributed by atoms with Gasteiger partial charge in [0.2, 0.25) is 0 Å². The van der Waals surface area contributed by atoms with Gasteiger partial charge in [0.1, 0.15) is 5.58 Å². The molecule has 3 aromatic heterocycles. The third-order valence-electron chi connectivity index (χ3n) is 15.1. The van der Waals surface area contributed by atoms with E-state index in [2.05, 4.69) is 247 Å². The monoisotopic (exact) mass is 1120 g/mol. The number of hydrogen-bond donors (Lipinski definition) is 0. The Bertz CT molecular complexity index is 4030. The van der Waals surface area contributed by atoms with Crippen molar-refractivity contribution in [1.29, 1.82) is 0 Å². The van der Waals surface area contributed by atoms with Gasteiger partial charge in [-0.1, -0.05) is 204 Å². The average Bonchev–Trinajstić information content (AvgIpc) is 4.06. The number of aromatic nitrogens is 3. The van der Waals surface area contributed by atoms with Gasteiger partial charge in [0.05, 0.1) is 22.4 Å². The maximum absolute atomic E-state index is 6.66. The number of imidazole rings is 1. The Morgan fingerprint density at radius 1 is 0.562 bits per heavy atom. The number of pyridine rings is 1. The second kappa shape index (κ2) is 18.9. The summed E-state index contributed by atoms with van der Waals surface area (Å²) in [6.45, 7) is 18.2. The first-order valence-corrected chi connectivity index (χ1v) is 25.5. The van der Waals surface area contributed by atoms with Crippen molar-refractivity contribution in [2.45, 2.75) is 78.6 Å². The molecule has 3 heterocycles. The summed E-state index contributed by atoms with van der Waals surface area (Å²) < 4.78 is 9.06. The number of nitrogens with zero attached hydrogens (tertiary/aromatic N) is 3. The van der Waals surface area contributed by atoms with Crippen molar-refractivity contribution >= 4 is 54.5 Å². The molecule has 0 bridgehead atoms. The van der Waals surface area contributed by atoms with Gasteiger partial charge in [0.25, 0.3) is 0 Å². The van der Waals surface area contributed by atoms with E-state index in [1.54, 1.807) is 0 Å². The maximum atomic E-state index is 6.66. The molecule has 0 N–H and O–H groups in total. The van der Waals surface area contributed by atoms with Crippen molar-refractivity contribution in [2.75, 3.05) is 0 Å². The topological polar surface area (TPSA) is 43.9 Å². The van der Waals surface area contributed by atoms with Gasteiger partial charge in [-0.15, -0.1) is 47.3 Å². The molecule has 0 aliphatic heterocycles. The number of hydrogen-bond acceptors (Lipinski definition) is 3. The van der Waals surface area contributed by atoms with Crippen LogP contribution in [0.1, 0.15) is 101 Å². The number of furan rings is 1. The summed E-state index contributed by atoms with van der Waals surface area (Å²) in [6.07, 6.45) is 1.89. The molecule has 73 heavy (non-hydrogen) atoms. The average molecular weight is 1120 g/mol. The number of benzene rings is 9. The predicted octanol–water partition coefficient (Wildman–Crippen LogP) is 18.6. The van der Waals surface area contributed by atoms with Crippen LogP contribution in [0.25, 0.3) is 105 Å². The first-order valence-electron chi connectivity index (χ1n) is 25.5. The minimum absolute atomic E-state index is 0. The van der Waals surface area contributed by atoms with E-state index in [0.29, 0.717) is 17.8 Å². The van der Waals surface area contributed by atoms with Crippen molar-refractivity contribution in [3.63, 3.8) is 0 Å². The van der Waals surface area contributed by atoms with Gasteiger partial charge in [-0.2, -0.15) is 0 Å². The Morgan fingerprint density at radius 2 is 1.26 bits per heavy atom. The van der Waals surface area contributed by atoms with Crippen LogP contribution in [0.4, 0.5) is 0 Å². The molecular formula is C68H57IrN3O-2. The molecule has 1 radical (unpaired) electrons. The normalized spacial score (nSPS) is 12.8. The first-order chi connectivity index (χ1) is 35.0. The van der Waals surface area contributed by atoms with Gasteiger partial charge in [0.15, 0.2) is 0 Å². The largest absolute Gasteiger partial charge is 0.500 e. The molecule has 0 fully saturated rings. The Hall–Kier alpha value is -7.43. The summed E-state index contributed by atoms with van der Waals surface area (Å²) in [7, 11) is 0. The molecule has 4 nitrogen and oxygen atoms in total. The van der Waals surface area contributed by atoms with Crippen molar-refractivity contribution in [2.24, 2.45) is 0 Å². The van der Waals surface area contributed by atoms with Gasteiger partial charge >= 0.3 is 0 Å². The van der Waals surface area contributed by atoms with Crippen LogP contribution in [0.5, 0.6) is 0 Å². The quantitative estimate of drug-likeness (QED) is 0.118. The van der Waals surface area contributed by atoms with Crippen molar-refractivity contribution < 1.29 is 24.5 Å². The zero-order valence-electron chi connectivity index (χ0n) is 42.6. The molecule has 361 valence electrons. The van der Waals surface area contributed by atoms with Crippen molar-refractivity contribution in [3.8, 4) is 50.6 Å². The molecule has 13 rings (SSSR count). The van der Waals surface area contributed by atoms with Crippen LogP contribution < -0.4 is 0 Å². The van der Waals surface area contributed by atoms with Crippen LogP contribution >= 0.6 is 0 Å². The minimum atomic E-state index is -0.0405. The van der Waals surface area contributed by atoms with E-state index in [1.807, 2.05) is 12.3 Å². The number of rotatable bonds is 7. The Balaban J connectivity index is 0.000000161. The molecule has 9 aromatic carbocycles. The van der Waals surface area contributed by atoms with Crippen LogP contribution in [0.3, 0.4) is 0 Å². The van der Waals surface area contributed by atoms with Gasteiger partial charge in [-0.25, -0.2) is 0 Å². The molecule has 0 amide bonds. The minimum Gasteiger partial charge on any atom is -0.500 e. The molecule has 5 heteroatoms. The summed E-state index contributed by atoms with van der Waals surface area (Å²) in [5.41, 5.74) is 19.6. The van der Waals surface area contributed by atoms with Gasteiger partial charge in [-0.05, 0) is 98.1 Å². The van der Waals surface area contributed by atoms with E-state index in [9.17, 15) is 0 Å². The summed E-state index contributed by atoms with van der Waals surface area (Å²) in [5.74, 6) is 2.02. The smallest absolute Gasteiger partial charge is 0.129 e. The zero-order valence-corrected chi connectivity index (χ0v) is 45.0. The van der Waals surface area contributed by atoms with Gasteiger partial charge in [0, 0.05) is 48.4 Å². The summed E-state index contributed by atoms with van der Waals surface area (Å²) in [5, 5.41) is 7.18. The Kier molecular flexibility index (Phi) is 12.4. The van der Waals surface area contributed by atoms with E-state index in [1.165, 1.54) is 77.3 Å². The van der Waals surface area contributed by atoms with E-state index in [0.717, 1.165) is 55.6 Å². The Labute approximate surface area is 442 Å². The summed E-state index contributed by atoms with van der Waals surface area (Å²) in [6, 6.07) is 70.0. The number of para-hydroxylation sites is 2. The van der Waals surface area contributed by atoms with Crippen LogP contribution in [0, 0.1) is 12.1 Å². The van der Waals surface area contributed by atoms with Crippen LogP contribution in [-0.4, -0.2) is 14.5 Å². The van der Waals surface area contributed by atoms with Crippen LogP contribution in [0.15, 0.2) is 187 Å². The van der Waals surface area contributed by atoms with Gasteiger partial charge in [-0.3, -0.25) is 4.98 Å². The number of fused-ring (bicyclic) bond motifs is 11. The Morgan fingerprint density at radius 3 is 2.04 bits per heavy atom. The molecule has 0 saturated carbocycles. The van der Waals surface area contributed by atoms with E-state index < -0.39 is 0 Å². The second-order valence-corrected chi connectivity index (χ2v) is 20.9. The summed E-state index contributed by atoms with van der Waals surface area (Å²) in [4.78, 5) is 9.89. The molecule has 0 saturated heterocycles. The second-order valence-electron chi connectivity index (χ2n) is 20.9. The third-order valence-corrected chi connectivity index (χ3v) is 15.1. The molecular weight excluding hydrogens is 1070 g/mol. The zero-order chi connectivity index (χ0) is 49.4. The molecule has 1 aliphatic rings. The molecule has 0 spiro atoms. The fraction of sp³-hybridized carbons (Fsp3) is 0.176. The maximum Gasteiger partial charge on any atom is 0.129 e. The molecule has 0 atom stereocenters. The van der Waals surface area contributed by atoms with E-state index in [4.69, 9.17) is 9.40 Å². The fourth-order valence-electron chi connectivity index (χ4n) is 11.2. The van der Waals surface area contributed by atoms with E-state index >= 15 is 0 Å². The van der Waals surface area contributed by atoms with Crippen molar-refractivity contribution in [1.82, 2.24) is 14.5 Å². The van der Waals surface area contributed by atoms with Crippen molar-refractivity contribution in [3.05, 3.63) is 222 Å². The standard InChI is InChI=1S/C39H33N2.C29H24NO.Ir/c1-25(2)34-23-31(27-12-6-5-7-13-27)24-35(26(3)4)38(34)41-37-17-11-10-16-36(37)40-39(41)30-20-21-33-29(22-30)19-18-28-14-8-9-15-32(28)33;1-17(2)18-14-15-30-25(16-18)22-10-7-9-19-20-12-13-24-26(28(20)31-27(19)22)21-8-5-6-11-23(21)29(24,3)4;/h5-19,21-26H,1-4H3;5-9,11-17H,1-4H3;/q2*-1;. The molecule has 0 unspecified atom stereocenters. The van der Waals surface area contributed by atoms with Gasteiger partial charge < -0.3 is 14.0 Å². The third kappa shape index (κ3) is 8.11. The van der Waals surface area contributed by atoms with Crippen LogP contribution in [0.2, 0.25) is 0 Å². The SMILES string of the molecule is CC(C)c1cc(-c2ccccc2)cc(C(C)C)c1-n1c(-c2[c-]cc3c(ccc4ccccc43)c2)nc2ccccc21.CC(C)c1ccnc(-c2[c-]ccc3c2oc2c4c(ccc23)C(C)(C)c2ccccc2-4)c1.[Ir]. The summed E-state index contributed by atoms with van der Waals surface area (Å²) >= 11 is 0. The molecule has 1 aliphatic carbocycles. The predicted molar refractivity (Wildman–Crippen MR) is 301 cm³/mol. The van der Waals surface area contributed by atoms with Crippen LogP contribution in [-0.2, 0) is 25.5 Å². The first kappa shape index (κ1) is 47.9.